The van der Waals surface area contributed by atoms with Crippen LogP contribution in [0.4, 0.5) is 0 Å². The summed E-state index contributed by atoms with van der Waals surface area (Å²) in [7, 11) is 0. The Hall–Kier alpha value is -0.480. The van der Waals surface area contributed by atoms with Gasteiger partial charge in [0.1, 0.15) is 0 Å². The molecule has 0 bridgehead atoms. The molecule has 4 heteroatoms. The Morgan fingerprint density at radius 1 is 1.47 bits per heavy atom. The highest BCUT2D eigenvalue weighted by Crippen LogP contribution is 2.37. The SMILES string of the molecule is CSC1(CNC(=O)c2cccs2)CCCCC1. The van der Waals surface area contributed by atoms with Crippen LogP contribution in [0.25, 0.3) is 0 Å². The Balaban J connectivity index is 1.89. The Bertz CT molecular complexity index is 356. The van der Waals surface area contributed by atoms with E-state index < -0.39 is 0 Å². The molecule has 1 aromatic heterocycles. The molecule has 0 unspecified atom stereocenters. The first-order valence-corrected chi connectivity index (χ1v) is 8.23. The molecule has 0 atom stereocenters. The van der Waals surface area contributed by atoms with Crippen LogP contribution in [0.2, 0.25) is 0 Å². The summed E-state index contributed by atoms with van der Waals surface area (Å²) in [5.74, 6) is 0.0824. The Labute approximate surface area is 111 Å². The predicted molar refractivity (Wildman–Crippen MR) is 76.0 cm³/mol. The van der Waals surface area contributed by atoms with Gasteiger partial charge in [-0.1, -0.05) is 25.3 Å². The number of hydrogen-bond acceptors (Lipinski definition) is 3. The van der Waals surface area contributed by atoms with Crippen LogP contribution in [-0.2, 0) is 0 Å². The standard InChI is InChI=1S/C13H19NOS2/c1-16-13(7-3-2-4-8-13)10-14-12(15)11-6-5-9-17-11/h5-6,9H,2-4,7-8,10H2,1H3,(H,14,15). The quantitative estimate of drug-likeness (QED) is 0.906. The summed E-state index contributed by atoms with van der Waals surface area (Å²) in [6, 6.07) is 3.80. The number of thiophene rings is 1. The maximum absolute atomic E-state index is 11.9. The smallest absolute Gasteiger partial charge is 0.261 e. The molecule has 1 aliphatic carbocycles. The highest BCUT2D eigenvalue weighted by Gasteiger charge is 2.31. The molecule has 2 rings (SSSR count). The third-order valence-electron chi connectivity index (χ3n) is 3.51. The molecule has 0 aromatic carbocycles. The number of carbonyl (C=O) groups excluding carboxylic acids is 1. The highest BCUT2D eigenvalue weighted by atomic mass is 32.2. The van der Waals surface area contributed by atoms with Crippen LogP contribution in [0.5, 0.6) is 0 Å². The predicted octanol–water partition coefficient (Wildman–Crippen LogP) is 3.54. The van der Waals surface area contributed by atoms with Gasteiger partial charge in [0.05, 0.1) is 4.88 Å². The lowest BCUT2D eigenvalue weighted by Crippen LogP contribution is -2.41. The van der Waals surface area contributed by atoms with Gasteiger partial charge in [0, 0.05) is 11.3 Å². The fourth-order valence-electron chi connectivity index (χ4n) is 2.39. The summed E-state index contributed by atoms with van der Waals surface area (Å²) in [5.41, 5.74) is 0. The average Bonchev–Trinajstić information content (AvgIpc) is 2.91. The summed E-state index contributed by atoms with van der Waals surface area (Å²) in [4.78, 5) is 12.7. The van der Waals surface area contributed by atoms with Crippen LogP contribution < -0.4 is 5.32 Å². The van der Waals surface area contributed by atoms with Gasteiger partial charge in [-0.15, -0.1) is 11.3 Å². The maximum Gasteiger partial charge on any atom is 0.261 e. The molecular formula is C13H19NOS2. The first kappa shape index (κ1) is 13.0. The zero-order valence-electron chi connectivity index (χ0n) is 10.2. The van der Waals surface area contributed by atoms with Gasteiger partial charge in [-0.3, -0.25) is 4.79 Å². The fourth-order valence-corrected chi connectivity index (χ4v) is 3.94. The van der Waals surface area contributed by atoms with Gasteiger partial charge in [-0.25, -0.2) is 0 Å². The van der Waals surface area contributed by atoms with Gasteiger partial charge in [0.2, 0.25) is 0 Å². The molecule has 1 amide bonds. The molecule has 0 radical (unpaired) electrons. The Morgan fingerprint density at radius 3 is 2.82 bits per heavy atom. The summed E-state index contributed by atoms with van der Waals surface area (Å²) in [6.45, 7) is 0.810. The van der Waals surface area contributed by atoms with E-state index in [1.165, 1.54) is 43.4 Å². The van der Waals surface area contributed by atoms with E-state index in [9.17, 15) is 4.79 Å². The molecule has 2 nitrogen and oxygen atoms in total. The molecule has 1 saturated carbocycles. The van der Waals surface area contributed by atoms with Gasteiger partial charge < -0.3 is 5.32 Å². The minimum absolute atomic E-state index is 0.0824. The molecule has 0 spiro atoms. The number of hydrogen-bond donors (Lipinski definition) is 1. The summed E-state index contributed by atoms with van der Waals surface area (Å²) < 4.78 is 0.283. The zero-order chi connectivity index (χ0) is 12.1. The first-order chi connectivity index (χ1) is 8.26. The largest absolute Gasteiger partial charge is 0.350 e. The summed E-state index contributed by atoms with van der Waals surface area (Å²) in [5, 5.41) is 5.04. The number of amides is 1. The highest BCUT2D eigenvalue weighted by molar-refractivity contribution is 8.00. The first-order valence-electron chi connectivity index (χ1n) is 6.13. The molecule has 1 fully saturated rings. The van der Waals surface area contributed by atoms with Gasteiger partial charge in [-0.2, -0.15) is 11.8 Å². The van der Waals surface area contributed by atoms with Gasteiger partial charge >= 0.3 is 0 Å². The van der Waals surface area contributed by atoms with Gasteiger partial charge in [0.15, 0.2) is 0 Å². The van der Waals surface area contributed by atoms with Crippen LogP contribution in [0, 0.1) is 0 Å². The lowest BCUT2D eigenvalue weighted by atomic mass is 9.88. The van der Waals surface area contributed by atoms with Crippen molar-refractivity contribution in [3.05, 3.63) is 22.4 Å². The van der Waals surface area contributed by atoms with E-state index in [1.807, 2.05) is 29.3 Å². The van der Waals surface area contributed by atoms with Crippen molar-refractivity contribution in [2.75, 3.05) is 12.8 Å². The second-order valence-corrected chi connectivity index (χ2v) is 6.83. The topological polar surface area (TPSA) is 29.1 Å². The van der Waals surface area contributed by atoms with Crippen LogP contribution in [0.3, 0.4) is 0 Å². The maximum atomic E-state index is 11.9. The Kier molecular flexibility index (Phi) is 4.51. The van der Waals surface area contributed by atoms with Gasteiger partial charge in [-0.05, 0) is 30.5 Å². The second kappa shape index (κ2) is 5.91. The molecule has 94 valence electrons. The minimum atomic E-state index is 0.0824. The molecule has 1 aliphatic rings. The minimum Gasteiger partial charge on any atom is -0.350 e. The molecule has 0 saturated heterocycles. The third kappa shape index (κ3) is 3.26. The van der Waals surface area contributed by atoms with Crippen molar-refractivity contribution in [2.45, 2.75) is 36.9 Å². The van der Waals surface area contributed by atoms with E-state index >= 15 is 0 Å². The van der Waals surface area contributed by atoms with Crippen molar-refractivity contribution in [3.8, 4) is 0 Å². The normalized spacial score (nSPS) is 18.9. The van der Waals surface area contributed by atoms with E-state index in [2.05, 4.69) is 11.6 Å². The van der Waals surface area contributed by atoms with E-state index in [1.54, 1.807) is 0 Å². The molecule has 17 heavy (non-hydrogen) atoms. The number of thioether (sulfide) groups is 1. The van der Waals surface area contributed by atoms with Crippen molar-refractivity contribution >= 4 is 29.0 Å². The molecular weight excluding hydrogens is 250 g/mol. The van der Waals surface area contributed by atoms with Crippen molar-refractivity contribution in [1.29, 1.82) is 0 Å². The average molecular weight is 269 g/mol. The molecule has 0 aliphatic heterocycles. The monoisotopic (exact) mass is 269 g/mol. The van der Waals surface area contributed by atoms with Crippen LogP contribution in [-0.4, -0.2) is 23.5 Å². The van der Waals surface area contributed by atoms with Gasteiger partial charge in [0.25, 0.3) is 5.91 Å². The van der Waals surface area contributed by atoms with E-state index in [4.69, 9.17) is 0 Å². The fraction of sp³-hybridized carbons (Fsp3) is 0.615. The molecule has 1 heterocycles. The summed E-state index contributed by atoms with van der Waals surface area (Å²) in [6.07, 6.45) is 8.59. The van der Waals surface area contributed by atoms with E-state index in [0.29, 0.717) is 0 Å². The molecule has 1 N–H and O–H groups in total. The van der Waals surface area contributed by atoms with Crippen molar-refractivity contribution < 1.29 is 4.79 Å². The van der Waals surface area contributed by atoms with Crippen molar-refractivity contribution in [3.63, 3.8) is 0 Å². The van der Waals surface area contributed by atoms with Crippen LogP contribution in [0.1, 0.15) is 41.8 Å². The summed E-state index contributed by atoms with van der Waals surface area (Å²) >= 11 is 3.43. The lowest BCUT2D eigenvalue weighted by Gasteiger charge is -2.35. The van der Waals surface area contributed by atoms with Crippen molar-refractivity contribution in [1.82, 2.24) is 5.32 Å². The number of nitrogens with one attached hydrogen (secondary N) is 1. The lowest BCUT2D eigenvalue weighted by molar-refractivity contribution is 0.0951. The molecule has 1 aromatic rings. The van der Waals surface area contributed by atoms with Crippen LogP contribution in [0.15, 0.2) is 17.5 Å². The van der Waals surface area contributed by atoms with E-state index in [-0.39, 0.29) is 10.7 Å². The third-order valence-corrected chi connectivity index (χ3v) is 5.80. The number of carbonyl (C=O) groups is 1. The van der Waals surface area contributed by atoms with Crippen LogP contribution >= 0.6 is 23.1 Å². The van der Waals surface area contributed by atoms with E-state index in [0.717, 1.165) is 11.4 Å². The second-order valence-electron chi connectivity index (χ2n) is 4.61. The Morgan fingerprint density at radius 2 is 2.24 bits per heavy atom. The zero-order valence-corrected chi connectivity index (χ0v) is 11.8. The van der Waals surface area contributed by atoms with Crippen molar-refractivity contribution in [2.24, 2.45) is 0 Å². The number of rotatable bonds is 4.